The Bertz CT molecular complexity index is 376. The zero-order valence-corrected chi connectivity index (χ0v) is 17.8. The van der Waals surface area contributed by atoms with Gasteiger partial charge < -0.3 is 9.84 Å². The summed E-state index contributed by atoms with van der Waals surface area (Å²) in [6.45, 7) is 10.8. The molecule has 1 N–H and O–H groups in total. The number of carbonyl (C=O) groups excluding carboxylic acids is 1. The van der Waals surface area contributed by atoms with E-state index in [4.69, 9.17) is 9.84 Å². The van der Waals surface area contributed by atoms with Crippen LogP contribution in [-0.4, -0.2) is 23.7 Å². The fourth-order valence-corrected chi connectivity index (χ4v) is 2.53. The second kappa shape index (κ2) is 22.5. The van der Waals surface area contributed by atoms with Gasteiger partial charge in [-0.3, -0.25) is 0 Å². The molecule has 0 saturated heterocycles. The molecule has 0 rings (SSSR count). The SMILES string of the molecule is C=C(C)C(=O)O.C=CC(=O)OCCCCCCCCCCCCCCCC. The molecular formula is C23H42O4. The minimum Gasteiger partial charge on any atom is -0.478 e. The normalized spacial score (nSPS) is 9.85. The number of hydrogen-bond donors (Lipinski definition) is 1. The quantitative estimate of drug-likeness (QED) is 0.170. The molecule has 0 bridgehead atoms. The molecule has 0 aromatic rings. The largest absolute Gasteiger partial charge is 0.478 e. The molecule has 0 heterocycles. The molecule has 0 aliphatic heterocycles. The first-order valence-corrected chi connectivity index (χ1v) is 10.6. The second-order valence-electron chi connectivity index (χ2n) is 7.05. The van der Waals surface area contributed by atoms with Gasteiger partial charge in [-0.05, 0) is 13.3 Å². The van der Waals surface area contributed by atoms with Crippen molar-refractivity contribution in [2.45, 2.75) is 104 Å². The van der Waals surface area contributed by atoms with Crippen LogP contribution in [0.3, 0.4) is 0 Å². The number of carbonyl (C=O) groups is 2. The molecule has 4 heteroatoms. The number of carboxylic acid groups (broad SMARTS) is 1. The van der Waals surface area contributed by atoms with Crippen molar-refractivity contribution in [3.8, 4) is 0 Å². The number of carboxylic acids is 1. The molecule has 0 spiro atoms. The Morgan fingerprint density at radius 2 is 1.15 bits per heavy atom. The lowest BCUT2D eigenvalue weighted by atomic mass is 10.0. The van der Waals surface area contributed by atoms with Crippen LogP contribution in [0.25, 0.3) is 0 Å². The number of hydrogen-bond acceptors (Lipinski definition) is 3. The Morgan fingerprint density at radius 1 is 0.815 bits per heavy atom. The molecule has 0 aromatic carbocycles. The Balaban J connectivity index is 0. The Hall–Kier alpha value is -1.58. The van der Waals surface area contributed by atoms with Crippen molar-refractivity contribution in [1.82, 2.24) is 0 Å². The van der Waals surface area contributed by atoms with E-state index >= 15 is 0 Å². The van der Waals surface area contributed by atoms with E-state index in [1.807, 2.05) is 0 Å². The molecule has 158 valence electrons. The van der Waals surface area contributed by atoms with Crippen molar-refractivity contribution in [3.63, 3.8) is 0 Å². The molecule has 27 heavy (non-hydrogen) atoms. The first-order valence-electron chi connectivity index (χ1n) is 10.6. The first kappa shape index (κ1) is 27.6. The zero-order chi connectivity index (χ0) is 20.8. The molecule has 0 aromatic heterocycles. The minimum atomic E-state index is -0.935. The highest BCUT2D eigenvalue weighted by molar-refractivity contribution is 5.84. The van der Waals surface area contributed by atoms with E-state index in [-0.39, 0.29) is 11.5 Å². The summed E-state index contributed by atoms with van der Waals surface area (Å²) in [5.74, 6) is -1.24. The summed E-state index contributed by atoms with van der Waals surface area (Å²) in [5.41, 5.74) is 0.176. The van der Waals surface area contributed by atoms with Crippen LogP contribution in [0.15, 0.2) is 24.8 Å². The fraction of sp³-hybridized carbons (Fsp3) is 0.739. The van der Waals surface area contributed by atoms with E-state index in [2.05, 4.69) is 20.1 Å². The maximum Gasteiger partial charge on any atom is 0.330 e. The third-order valence-corrected chi connectivity index (χ3v) is 4.27. The summed E-state index contributed by atoms with van der Waals surface area (Å²) in [7, 11) is 0. The van der Waals surface area contributed by atoms with Gasteiger partial charge in [-0.15, -0.1) is 0 Å². The van der Waals surface area contributed by atoms with E-state index in [1.165, 1.54) is 96.5 Å². The van der Waals surface area contributed by atoms with Crippen LogP contribution in [0, 0.1) is 0 Å². The van der Waals surface area contributed by atoms with Crippen molar-refractivity contribution >= 4 is 11.9 Å². The highest BCUT2D eigenvalue weighted by atomic mass is 16.5. The van der Waals surface area contributed by atoms with Crippen LogP contribution < -0.4 is 0 Å². The average molecular weight is 383 g/mol. The zero-order valence-electron chi connectivity index (χ0n) is 17.8. The van der Waals surface area contributed by atoms with Crippen molar-refractivity contribution in [3.05, 3.63) is 24.8 Å². The summed E-state index contributed by atoms with van der Waals surface area (Å²) < 4.78 is 4.94. The molecule has 0 aliphatic carbocycles. The Morgan fingerprint density at radius 3 is 1.44 bits per heavy atom. The summed E-state index contributed by atoms with van der Waals surface area (Å²) in [5, 5.41) is 7.89. The Kier molecular flexibility index (Phi) is 23.0. The molecular weight excluding hydrogens is 340 g/mol. The third kappa shape index (κ3) is 26.8. The number of aliphatic carboxylic acids is 1. The molecule has 4 nitrogen and oxygen atoms in total. The standard InChI is InChI=1S/C19H36O2.C4H6O2/c1-3-5-6-7-8-9-10-11-12-13-14-15-16-17-18-21-19(20)4-2;1-3(2)4(5)6/h4H,2-3,5-18H2,1H3;1H2,2H3,(H,5,6). The van der Waals surface area contributed by atoms with Crippen molar-refractivity contribution in [2.75, 3.05) is 6.61 Å². The van der Waals surface area contributed by atoms with Crippen LogP contribution in [0.1, 0.15) is 104 Å². The summed E-state index contributed by atoms with van der Waals surface area (Å²) >= 11 is 0. The number of unbranched alkanes of at least 4 members (excludes halogenated alkanes) is 13. The monoisotopic (exact) mass is 382 g/mol. The van der Waals surface area contributed by atoms with Crippen molar-refractivity contribution in [1.29, 1.82) is 0 Å². The van der Waals surface area contributed by atoms with Gasteiger partial charge in [0.25, 0.3) is 0 Å². The van der Waals surface area contributed by atoms with Crippen LogP contribution in [0.4, 0.5) is 0 Å². The van der Waals surface area contributed by atoms with E-state index in [0.717, 1.165) is 6.42 Å². The summed E-state index contributed by atoms with van der Waals surface area (Å²) in [6.07, 6.45) is 20.0. The Labute approximate surface area is 167 Å². The molecule has 0 fully saturated rings. The van der Waals surface area contributed by atoms with E-state index in [9.17, 15) is 9.59 Å². The highest BCUT2D eigenvalue weighted by Crippen LogP contribution is 2.12. The van der Waals surface area contributed by atoms with Gasteiger partial charge in [0.15, 0.2) is 0 Å². The smallest absolute Gasteiger partial charge is 0.330 e. The van der Waals surface area contributed by atoms with E-state index < -0.39 is 5.97 Å². The van der Waals surface area contributed by atoms with Gasteiger partial charge >= 0.3 is 11.9 Å². The van der Waals surface area contributed by atoms with Gasteiger partial charge in [0.2, 0.25) is 0 Å². The molecule has 0 atom stereocenters. The number of esters is 1. The number of ether oxygens (including phenoxy) is 1. The van der Waals surface area contributed by atoms with Gasteiger partial charge in [0.05, 0.1) is 6.61 Å². The van der Waals surface area contributed by atoms with Crippen LogP contribution in [0.2, 0.25) is 0 Å². The van der Waals surface area contributed by atoms with Crippen LogP contribution >= 0.6 is 0 Å². The summed E-state index contributed by atoms with van der Waals surface area (Å²) in [6, 6.07) is 0. The molecule has 0 radical (unpaired) electrons. The number of rotatable bonds is 17. The molecule has 0 amide bonds. The second-order valence-corrected chi connectivity index (χ2v) is 7.05. The fourth-order valence-electron chi connectivity index (χ4n) is 2.53. The molecule has 0 aliphatic rings. The first-order chi connectivity index (χ1) is 13.0. The van der Waals surface area contributed by atoms with Crippen molar-refractivity contribution in [2.24, 2.45) is 0 Å². The van der Waals surface area contributed by atoms with E-state index in [0.29, 0.717) is 6.61 Å². The van der Waals surface area contributed by atoms with Crippen LogP contribution in [-0.2, 0) is 14.3 Å². The van der Waals surface area contributed by atoms with Gasteiger partial charge in [-0.1, -0.05) is 104 Å². The summed E-state index contributed by atoms with van der Waals surface area (Å²) in [4.78, 5) is 20.4. The van der Waals surface area contributed by atoms with Crippen molar-refractivity contribution < 1.29 is 19.4 Å². The lowest BCUT2D eigenvalue weighted by molar-refractivity contribution is -0.138. The van der Waals surface area contributed by atoms with Crippen LogP contribution in [0.5, 0.6) is 0 Å². The molecule has 0 saturated carbocycles. The molecule has 0 unspecified atom stereocenters. The minimum absolute atomic E-state index is 0.176. The lowest BCUT2D eigenvalue weighted by Gasteiger charge is -2.03. The van der Waals surface area contributed by atoms with Gasteiger partial charge in [-0.2, -0.15) is 0 Å². The maximum atomic E-state index is 10.8. The third-order valence-electron chi connectivity index (χ3n) is 4.27. The van der Waals surface area contributed by atoms with Gasteiger partial charge in [0.1, 0.15) is 0 Å². The van der Waals surface area contributed by atoms with Gasteiger partial charge in [0, 0.05) is 11.6 Å². The van der Waals surface area contributed by atoms with Gasteiger partial charge in [-0.25, -0.2) is 9.59 Å². The maximum absolute atomic E-state index is 10.8. The average Bonchev–Trinajstić information content (AvgIpc) is 2.65. The van der Waals surface area contributed by atoms with E-state index in [1.54, 1.807) is 0 Å². The lowest BCUT2D eigenvalue weighted by Crippen LogP contribution is -2.01. The highest BCUT2D eigenvalue weighted by Gasteiger charge is 1.96. The predicted molar refractivity (Wildman–Crippen MR) is 114 cm³/mol. The topological polar surface area (TPSA) is 63.6 Å². The predicted octanol–water partition coefficient (Wildman–Crippen LogP) is 6.84.